The number of fused-ring (bicyclic) bond motifs is 1. The number of aliphatic hydroxyl groups is 1. The quantitative estimate of drug-likeness (QED) is 0.312. The molecular formula is C28H29NO3Si. The van der Waals surface area contributed by atoms with Crippen LogP contribution in [0.15, 0.2) is 97.6 Å². The Hall–Kier alpha value is -3.28. The summed E-state index contributed by atoms with van der Waals surface area (Å²) in [5.74, 6) is -0.700. The fourth-order valence-electron chi connectivity index (χ4n) is 4.93. The number of hydrogen-bond donors (Lipinski definition) is 1. The molecule has 1 N–H and O–H groups in total. The molecule has 0 aromatic heterocycles. The van der Waals surface area contributed by atoms with Crippen LogP contribution in [0.25, 0.3) is 0 Å². The van der Waals surface area contributed by atoms with Crippen LogP contribution in [0, 0.1) is 0 Å². The van der Waals surface area contributed by atoms with Gasteiger partial charge in [0.05, 0.1) is 22.4 Å². The van der Waals surface area contributed by atoms with Crippen molar-refractivity contribution in [2.45, 2.75) is 37.2 Å². The van der Waals surface area contributed by atoms with Gasteiger partial charge in [0, 0.05) is 0 Å². The van der Waals surface area contributed by atoms with Crippen LogP contribution in [0.1, 0.15) is 32.7 Å². The lowest BCUT2D eigenvalue weighted by Gasteiger charge is -2.49. The highest BCUT2D eigenvalue weighted by molar-refractivity contribution is 6.92. The van der Waals surface area contributed by atoms with Gasteiger partial charge in [-0.15, -0.1) is 6.58 Å². The molecule has 1 aliphatic rings. The zero-order valence-electron chi connectivity index (χ0n) is 19.1. The molecule has 2 amide bonds. The molecule has 33 heavy (non-hydrogen) atoms. The topological polar surface area (TPSA) is 57.6 Å². The van der Waals surface area contributed by atoms with Gasteiger partial charge in [-0.2, -0.15) is 0 Å². The Bertz CT molecular complexity index is 1140. The Labute approximate surface area is 196 Å². The van der Waals surface area contributed by atoms with E-state index in [1.165, 1.54) is 4.90 Å². The summed E-state index contributed by atoms with van der Waals surface area (Å²) in [6.45, 7) is 8.12. The Kier molecular flexibility index (Phi) is 6.19. The number of benzene rings is 3. The highest BCUT2D eigenvalue weighted by Gasteiger charge is 2.56. The predicted molar refractivity (Wildman–Crippen MR) is 134 cm³/mol. The van der Waals surface area contributed by atoms with Gasteiger partial charge in [0.1, 0.15) is 8.07 Å². The Balaban J connectivity index is 1.89. The van der Waals surface area contributed by atoms with Gasteiger partial charge in [-0.05, 0) is 30.5 Å². The molecule has 4 rings (SSSR count). The van der Waals surface area contributed by atoms with Gasteiger partial charge in [0.2, 0.25) is 0 Å². The standard InChI is InChI=1S/C28H29NO3Si/c1-4-19-28(32,33(2,3)22-15-9-6-10-16-22)25(20-21-13-7-5-8-14-21)29-26(30)23-17-11-12-18-24(23)27(29)31/h4-18,25,32H,1,19-20H2,2-3H3/t25-,28?/m0/s1. The van der Waals surface area contributed by atoms with Crippen molar-refractivity contribution in [3.63, 3.8) is 0 Å². The van der Waals surface area contributed by atoms with E-state index in [0.717, 1.165) is 10.8 Å². The lowest BCUT2D eigenvalue weighted by atomic mass is 9.96. The maximum Gasteiger partial charge on any atom is 0.261 e. The van der Waals surface area contributed by atoms with Crippen molar-refractivity contribution in [1.29, 1.82) is 0 Å². The first-order valence-electron chi connectivity index (χ1n) is 11.2. The van der Waals surface area contributed by atoms with E-state index in [0.29, 0.717) is 17.5 Å². The molecule has 0 aliphatic carbocycles. The van der Waals surface area contributed by atoms with E-state index in [1.54, 1.807) is 30.3 Å². The largest absolute Gasteiger partial charge is 0.390 e. The third-order valence-electron chi connectivity index (χ3n) is 6.99. The molecule has 168 valence electrons. The second kappa shape index (κ2) is 8.93. The van der Waals surface area contributed by atoms with Crippen LogP contribution in [0.2, 0.25) is 13.1 Å². The number of nitrogens with zero attached hydrogens (tertiary/aromatic N) is 1. The second-order valence-corrected chi connectivity index (χ2v) is 13.8. The van der Waals surface area contributed by atoms with E-state index in [9.17, 15) is 14.7 Å². The van der Waals surface area contributed by atoms with Crippen molar-refractivity contribution in [3.8, 4) is 0 Å². The molecule has 0 bridgehead atoms. The molecule has 0 fully saturated rings. The maximum atomic E-state index is 13.5. The van der Waals surface area contributed by atoms with E-state index in [4.69, 9.17) is 0 Å². The average Bonchev–Trinajstić information content (AvgIpc) is 3.09. The Morgan fingerprint density at radius 1 is 0.879 bits per heavy atom. The van der Waals surface area contributed by atoms with Gasteiger partial charge in [-0.1, -0.05) is 97.2 Å². The molecule has 1 unspecified atom stereocenters. The maximum absolute atomic E-state index is 13.5. The zero-order valence-corrected chi connectivity index (χ0v) is 20.1. The fraction of sp³-hybridized carbons (Fsp3) is 0.214. The van der Waals surface area contributed by atoms with Crippen LogP contribution in [-0.4, -0.2) is 41.2 Å². The summed E-state index contributed by atoms with van der Waals surface area (Å²) in [4.78, 5) is 28.4. The minimum Gasteiger partial charge on any atom is -0.390 e. The molecular weight excluding hydrogens is 426 g/mol. The number of amides is 2. The Morgan fingerprint density at radius 2 is 1.36 bits per heavy atom. The summed E-state index contributed by atoms with van der Waals surface area (Å²) < 4.78 is 0. The number of hydrogen-bond acceptors (Lipinski definition) is 3. The van der Waals surface area contributed by atoms with Crippen molar-refractivity contribution < 1.29 is 14.7 Å². The van der Waals surface area contributed by atoms with Crippen molar-refractivity contribution in [2.24, 2.45) is 0 Å². The lowest BCUT2D eigenvalue weighted by Crippen LogP contribution is -2.71. The smallest absolute Gasteiger partial charge is 0.261 e. The highest BCUT2D eigenvalue weighted by atomic mass is 28.3. The number of rotatable bonds is 8. The molecule has 0 spiro atoms. The molecule has 2 atom stereocenters. The molecule has 0 saturated heterocycles. The van der Waals surface area contributed by atoms with E-state index in [-0.39, 0.29) is 18.2 Å². The van der Waals surface area contributed by atoms with Crippen LogP contribution < -0.4 is 5.19 Å². The van der Waals surface area contributed by atoms with Crippen LogP contribution in [-0.2, 0) is 6.42 Å². The zero-order chi connectivity index (χ0) is 23.6. The third kappa shape index (κ3) is 3.88. The first kappa shape index (κ1) is 22.9. The van der Waals surface area contributed by atoms with Crippen LogP contribution in [0.5, 0.6) is 0 Å². The number of carbonyl (C=O) groups is 2. The van der Waals surface area contributed by atoms with Crippen LogP contribution in [0.4, 0.5) is 0 Å². The summed E-state index contributed by atoms with van der Waals surface area (Å²) in [5, 5.41) is 12.3. The molecule has 4 nitrogen and oxygen atoms in total. The average molecular weight is 456 g/mol. The van der Waals surface area contributed by atoms with Gasteiger partial charge < -0.3 is 5.11 Å². The first-order valence-corrected chi connectivity index (χ1v) is 14.2. The number of carbonyl (C=O) groups excluding carboxylic acids is 2. The minimum atomic E-state index is -2.66. The summed E-state index contributed by atoms with van der Waals surface area (Å²) >= 11 is 0. The minimum absolute atomic E-state index is 0.270. The van der Waals surface area contributed by atoms with Crippen molar-refractivity contribution in [2.75, 3.05) is 0 Å². The van der Waals surface area contributed by atoms with E-state index < -0.39 is 19.3 Å². The number of imide groups is 1. The second-order valence-electron chi connectivity index (χ2n) is 9.14. The van der Waals surface area contributed by atoms with Gasteiger partial charge in [-0.3, -0.25) is 14.5 Å². The van der Waals surface area contributed by atoms with Gasteiger partial charge >= 0.3 is 0 Å². The normalized spacial score (nSPS) is 16.3. The molecule has 1 aliphatic heterocycles. The molecule has 1 heterocycles. The van der Waals surface area contributed by atoms with Gasteiger partial charge in [0.15, 0.2) is 0 Å². The molecule has 5 heteroatoms. The monoisotopic (exact) mass is 455 g/mol. The summed E-state index contributed by atoms with van der Waals surface area (Å²) in [5.41, 5.74) is 1.74. The van der Waals surface area contributed by atoms with E-state index >= 15 is 0 Å². The van der Waals surface area contributed by atoms with Crippen molar-refractivity contribution in [3.05, 3.63) is 114 Å². The fourth-order valence-corrected chi connectivity index (χ4v) is 8.18. The van der Waals surface area contributed by atoms with Crippen LogP contribution in [0.3, 0.4) is 0 Å². The van der Waals surface area contributed by atoms with E-state index in [1.807, 2.05) is 60.7 Å². The van der Waals surface area contributed by atoms with E-state index in [2.05, 4.69) is 19.7 Å². The van der Waals surface area contributed by atoms with Crippen molar-refractivity contribution in [1.82, 2.24) is 4.90 Å². The molecule has 3 aromatic carbocycles. The van der Waals surface area contributed by atoms with Crippen molar-refractivity contribution >= 4 is 25.1 Å². The molecule has 3 aromatic rings. The summed E-state index contributed by atoms with van der Waals surface area (Å²) in [6.07, 6.45) is 2.33. The SMILES string of the molecule is C=CCC(O)([C@H](Cc1ccccc1)N1C(=O)c2ccccc2C1=O)[Si](C)(C)c1ccccc1. The predicted octanol–water partition coefficient (Wildman–Crippen LogP) is 4.36. The first-order chi connectivity index (χ1) is 15.8. The molecule has 0 saturated carbocycles. The van der Waals surface area contributed by atoms with Crippen LogP contribution >= 0.6 is 0 Å². The third-order valence-corrected chi connectivity index (χ3v) is 11.5. The van der Waals surface area contributed by atoms with Gasteiger partial charge in [0.25, 0.3) is 11.8 Å². The summed E-state index contributed by atoms with van der Waals surface area (Å²) in [6, 6.07) is 25.8. The highest BCUT2D eigenvalue weighted by Crippen LogP contribution is 2.37. The summed E-state index contributed by atoms with van der Waals surface area (Å²) in [7, 11) is -2.66. The Morgan fingerprint density at radius 3 is 1.88 bits per heavy atom. The van der Waals surface area contributed by atoms with Gasteiger partial charge in [-0.25, -0.2) is 0 Å². The molecule has 0 radical (unpaired) electrons. The lowest BCUT2D eigenvalue weighted by molar-refractivity contribution is 0.0140.